The first kappa shape index (κ1) is 21.7. The number of hydrogen-bond donors (Lipinski definition) is 2. The molecule has 166 valence electrons. The highest BCUT2D eigenvalue weighted by Crippen LogP contribution is 2.33. The summed E-state index contributed by atoms with van der Waals surface area (Å²) in [6.07, 6.45) is -1.79. The van der Waals surface area contributed by atoms with E-state index >= 15 is 0 Å². The number of nitrogens with two attached hydrogens (primary N) is 1. The molecule has 3 aromatic rings. The number of hydrogen-bond acceptors (Lipinski definition) is 4. The summed E-state index contributed by atoms with van der Waals surface area (Å²) in [5.74, 6) is 0.261. The minimum atomic E-state index is -4.47. The second-order valence-electron chi connectivity index (χ2n) is 7.98. The van der Waals surface area contributed by atoms with Gasteiger partial charge in [-0.05, 0) is 66.9 Å². The molecule has 0 spiro atoms. The molecular weight excluding hydrogens is 417 g/mol. The number of nitrogens with zero attached hydrogens (tertiary/aromatic N) is 2. The highest BCUT2D eigenvalue weighted by atomic mass is 19.4. The third-order valence-electron chi connectivity index (χ3n) is 5.75. The van der Waals surface area contributed by atoms with E-state index in [9.17, 15) is 18.0 Å². The van der Waals surface area contributed by atoms with Crippen molar-refractivity contribution in [2.24, 2.45) is 0 Å². The molecular formula is C24H23F3N4O. The second-order valence-corrected chi connectivity index (χ2v) is 7.98. The lowest BCUT2D eigenvalue weighted by molar-refractivity contribution is -0.137. The molecule has 2 aromatic carbocycles. The molecule has 1 amide bonds. The van der Waals surface area contributed by atoms with Crippen molar-refractivity contribution >= 4 is 23.1 Å². The third-order valence-corrected chi connectivity index (χ3v) is 5.75. The lowest BCUT2D eigenvalue weighted by atomic mass is 9.92. The van der Waals surface area contributed by atoms with Crippen LogP contribution in [0.4, 0.5) is 30.4 Å². The molecule has 1 fully saturated rings. The lowest BCUT2D eigenvalue weighted by Crippen LogP contribution is -2.20. The molecule has 32 heavy (non-hydrogen) atoms. The van der Waals surface area contributed by atoms with E-state index in [1.54, 1.807) is 18.3 Å². The van der Waals surface area contributed by atoms with E-state index in [4.69, 9.17) is 5.73 Å². The number of alkyl halides is 3. The van der Waals surface area contributed by atoms with E-state index in [1.807, 2.05) is 25.1 Å². The molecule has 1 aliphatic heterocycles. The third kappa shape index (κ3) is 4.69. The molecule has 0 radical (unpaired) electrons. The second kappa shape index (κ2) is 8.53. The van der Waals surface area contributed by atoms with Crippen LogP contribution in [0.3, 0.4) is 0 Å². The normalized spacial score (nSPS) is 16.2. The Morgan fingerprint density at radius 3 is 2.69 bits per heavy atom. The Labute approximate surface area is 184 Å². The number of rotatable bonds is 4. The van der Waals surface area contributed by atoms with Crippen LogP contribution in [0.25, 0.3) is 0 Å². The maximum atomic E-state index is 12.9. The predicted octanol–water partition coefficient (Wildman–Crippen LogP) is 5.24. The van der Waals surface area contributed by atoms with Crippen LogP contribution in [0.5, 0.6) is 0 Å². The summed E-state index contributed by atoms with van der Waals surface area (Å²) in [4.78, 5) is 19.1. The Kier molecular flexibility index (Phi) is 5.78. The van der Waals surface area contributed by atoms with Gasteiger partial charge in [0, 0.05) is 30.3 Å². The molecule has 5 nitrogen and oxygen atoms in total. The van der Waals surface area contributed by atoms with Gasteiger partial charge in [-0.1, -0.05) is 12.1 Å². The standard InChI is InChI=1S/C24H23F3N4O/c1-15-5-6-16(23(32)30-19-4-2-3-18(12-19)24(25,26)27)11-21(15)17-9-10-31(14-17)20-7-8-22(28)29-13-20/h2-8,11-13,17H,9-10,14H2,1H3,(H2,28,29)(H,30,32)/t17-/m1/s1. The molecule has 0 saturated carbocycles. The Morgan fingerprint density at radius 1 is 1.16 bits per heavy atom. The van der Waals surface area contributed by atoms with Gasteiger partial charge in [0.2, 0.25) is 0 Å². The summed E-state index contributed by atoms with van der Waals surface area (Å²) in [7, 11) is 0. The average Bonchev–Trinajstić information content (AvgIpc) is 3.24. The van der Waals surface area contributed by atoms with Gasteiger partial charge in [-0.3, -0.25) is 4.79 Å². The van der Waals surface area contributed by atoms with Crippen molar-refractivity contribution in [1.82, 2.24) is 4.98 Å². The van der Waals surface area contributed by atoms with Gasteiger partial charge in [0.05, 0.1) is 17.4 Å². The summed E-state index contributed by atoms with van der Waals surface area (Å²) in [6.45, 7) is 3.64. The van der Waals surface area contributed by atoms with Crippen LogP contribution in [-0.2, 0) is 6.18 Å². The highest BCUT2D eigenvalue weighted by molar-refractivity contribution is 6.04. The predicted molar refractivity (Wildman–Crippen MR) is 119 cm³/mol. The van der Waals surface area contributed by atoms with E-state index in [-0.39, 0.29) is 11.6 Å². The summed E-state index contributed by atoms with van der Waals surface area (Å²) < 4.78 is 38.8. The molecule has 3 N–H and O–H groups in total. The van der Waals surface area contributed by atoms with Gasteiger partial charge in [0.15, 0.2) is 0 Å². The molecule has 8 heteroatoms. The van der Waals surface area contributed by atoms with Gasteiger partial charge < -0.3 is 16.0 Å². The van der Waals surface area contributed by atoms with Gasteiger partial charge in [0.1, 0.15) is 5.82 Å². The van der Waals surface area contributed by atoms with Gasteiger partial charge in [-0.15, -0.1) is 0 Å². The van der Waals surface area contributed by atoms with E-state index < -0.39 is 17.6 Å². The summed E-state index contributed by atoms with van der Waals surface area (Å²) >= 11 is 0. The SMILES string of the molecule is Cc1ccc(C(=O)Nc2cccc(C(F)(F)F)c2)cc1[C@@H]1CCN(c2ccc(N)nc2)C1. The van der Waals surface area contributed by atoms with Crippen LogP contribution < -0.4 is 16.0 Å². The first-order valence-corrected chi connectivity index (χ1v) is 10.3. The van der Waals surface area contributed by atoms with E-state index in [1.165, 1.54) is 12.1 Å². The zero-order chi connectivity index (χ0) is 22.9. The van der Waals surface area contributed by atoms with Crippen LogP contribution in [0.1, 0.15) is 39.4 Å². The fourth-order valence-corrected chi connectivity index (χ4v) is 4.03. The van der Waals surface area contributed by atoms with Crippen molar-refractivity contribution in [3.63, 3.8) is 0 Å². The Balaban J connectivity index is 1.50. The fraction of sp³-hybridized carbons (Fsp3) is 0.250. The number of aryl methyl sites for hydroxylation is 1. The number of pyridine rings is 1. The molecule has 1 saturated heterocycles. The van der Waals surface area contributed by atoms with Crippen molar-refractivity contribution in [2.75, 3.05) is 29.0 Å². The van der Waals surface area contributed by atoms with E-state index in [0.29, 0.717) is 11.4 Å². The molecule has 4 rings (SSSR count). The average molecular weight is 440 g/mol. The molecule has 1 atom stereocenters. The summed E-state index contributed by atoms with van der Waals surface area (Å²) in [6, 6.07) is 13.7. The number of nitrogen functional groups attached to an aromatic ring is 1. The molecule has 0 aliphatic carbocycles. The Morgan fingerprint density at radius 2 is 1.97 bits per heavy atom. The van der Waals surface area contributed by atoms with Gasteiger partial charge in [0.25, 0.3) is 5.91 Å². The first-order chi connectivity index (χ1) is 15.2. The minimum absolute atomic E-state index is 0.106. The number of amides is 1. The fourth-order valence-electron chi connectivity index (χ4n) is 4.03. The topological polar surface area (TPSA) is 71.2 Å². The summed E-state index contributed by atoms with van der Waals surface area (Å²) in [5, 5.41) is 2.58. The monoisotopic (exact) mass is 440 g/mol. The van der Waals surface area contributed by atoms with Crippen LogP contribution in [-0.4, -0.2) is 24.0 Å². The molecule has 0 unspecified atom stereocenters. The van der Waals surface area contributed by atoms with Gasteiger partial charge >= 0.3 is 6.18 Å². The molecule has 1 aliphatic rings. The van der Waals surface area contributed by atoms with Crippen molar-refractivity contribution in [1.29, 1.82) is 0 Å². The number of benzene rings is 2. The quantitative estimate of drug-likeness (QED) is 0.582. The number of nitrogens with one attached hydrogen (secondary N) is 1. The smallest absolute Gasteiger partial charge is 0.384 e. The van der Waals surface area contributed by atoms with Crippen molar-refractivity contribution in [2.45, 2.75) is 25.4 Å². The Hall–Kier alpha value is -3.55. The maximum Gasteiger partial charge on any atom is 0.416 e. The van der Waals surface area contributed by atoms with E-state index in [2.05, 4.69) is 15.2 Å². The molecule has 2 heterocycles. The number of anilines is 3. The Bertz CT molecular complexity index is 1130. The van der Waals surface area contributed by atoms with Crippen LogP contribution in [0, 0.1) is 6.92 Å². The highest BCUT2D eigenvalue weighted by Gasteiger charge is 2.30. The molecule has 0 bridgehead atoms. The lowest BCUT2D eigenvalue weighted by Gasteiger charge is -2.19. The van der Waals surface area contributed by atoms with Crippen molar-refractivity contribution in [3.8, 4) is 0 Å². The van der Waals surface area contributed by atoms with Gasteiger partial charge in [-0.25, -0.2) is 4.98 Å². The number of carbonyl (C=O) groups is 1. The summed E-state index contributed by atoms with van der Waals surface area (Å²) in [5.41, 5.74) is 8.52. The van der Waals surface area contributed by atoms with Crippen LogP contribution in [0.15, 0.2) is 60.8 Å². The van der Waals surface area contributed by atoms with Crippen LogP contribution >= 0.6 is 0 Å². The zero-order valence-electron chi connectivity index (χ0n) is 17.5. The largest absolute Gasteiger partial charge is 0.416 e. The van der Waals surface area contributed by atoms with E-state index in [0.717, 1.165) is 48.5 Å². The van der Waals surface area contributed by atoms with Crippen molar-refractivity contribution in [3.05, 3.63) is 83.0 Å². The number of halogens is 3. The zero-order valence-corrected chi connectivity index (χ0v) is 17.5. The molecule has 1 aromatic heterocycles. The number of carbonyl (C=O) groups excluding carboxylic acids is 1. The van der Waals surface area contributed by atoms with Crippen LogP contribution in [0.2, 0.25) is 0 Å². The van der Waals surface area contributed by atoms with Gasteiger partial charge in [-0.2, -0.15) is 13.2 Å². The first-order valence-electron chi connectivity index (χ1n) is 10.3. The van der Waals surface area contributed by atoms with Crippen molar-refractivity contribution < 1.29 is 18.0 Å². The number of aromatic nitrogens is 1. The minimum Gasteiger partial charge on any atom is -0.384 e. The maximum absolute atomic E-state index is 12.9.